The van der Waals surface area contributed by atoms with Crippen LogP contribution in [-0.4, -0.2) is 66.8 Å². The van der Waals surface area contributed by atoms with Crippen molar-refractivity contribution in [2.24, 2.45) is 7.05 Å². The van der Waals surface area contributed by atoms with E-state index in [0.717, 1.165) is 78.0 Å². The molecule has 0 aliphatic carbocycles. The monoisotopic (exact) mass is 1030 g/mol. The van der Waals surface area contributed by atoms with Gasteiger partial charge in [-0.15, -0.1) is 0 Å². The van der Waals surface area contributed by atoms with E-state index in [2.05, 4.69) is 49.8 Å². The van der Waals surface area contributed by atoms with E-state index in [1.165, 1.54) is 12.3 Å². The molecule has 0 fully saturated rings. The van der Waals surface area contributed by atoms with Crippen LogP contribution in [0, 0.1) is 24.4 Å². The van der Waals surface area contributed by atoms with Crippen molar-refractivity contribution in [2.45, 2.75) is 11.8 Å². The largest absolute Gasteiger partial charge is 0.338 e. The number of aromatic amines is 1. The van der Waals surface area contributed by atoms with E-state index in [-0.39, 0.29) is 20.6 Å². The van der Waals surface area contributed by atoms with Gasteiger partial charge >= 0.3 is 0 Å². The maximum Gasteiger partial charge on any atom is 0.269 e. The summed E-state index contributed by atoms with van der Waals surface area (Å²) in [6.07, 6.45) is 18.3. The molecule has 0 saturated heterocycles. The Balaban J connectivity index is 0.000000121. The molecule has 0 atom stereocenters. The lowest BCUT2D eigenvalue weighted by molar-refractivity contribution is 0.589. The minimum Gasteiger partial charge on any atom is -0.338 e. The molecule has 1 N–H and O–H groups in total. The topological polar surface area (TPSA) is 176 Å². The molecular weight excluding hydrogens is 997 g/mol. The first kappa shape index (κ1) is 46.7. The molecule has 0 aliphatic rings. The molecule has 12 aromatic heterocycles. The van der Waals surface area contributed by atoms with E-state index >= 15 is 0 Å². The Hall–Kier alpha value is -8.71. The molecule has 13 aromatic rings. The Kier molecular flexibility index (Phi) is 12.0. The van der Waals surface area contributed by atoms with Gasteiger partial charge in [0.2, 0.25) is 0 Å². The summed E-state index contributed by atoms with van der Waals surface area (Å²) in [6.45, 7) is 1.88. The molecule has 0 amide bonds. The Morgan fingerprint density at radius 2 is 1.07 bits per heavy atom. The molecule has 12 heterocycles. The van der Waals surface area contributed by atoms with E-state index in [0.29, 0.717) is 44.0 Å². The molecule has 0 saturated carbocycles. The third-order valence-corrected chi connectivity index (χ3v) is 14.5. The number of pyridine rings is 9. The Morgan fingerprint density at radius 1 is 0.534 bits per heavy atom. The van der Waals surface area contributed by atoms with Gasteiger partial charge in [-0.2, -0.15) is 0 Å². The van der Waals surface area contributed by atoms with E-state index in [4.69, 9.17) is 23.2 Å². The fraction of sp³-hybridized carbons (Fsp3) is 0.0377. The smallest absolute Gasteiger partial charge is 0.269 e. The maximum atomic E-state index is 14.0. The second kappa shape index (κ2) is 18.8. The van der Waals surface area contributed by atoms with Gasteiger partial charge in [0.05, 0.1) is 85.8 Å². The zero-order valence-electron chi connectivity index (χ0n) is 38.0. The minimum atomic E-state index is -3.98. The molecule has 0 spiro atoms. The third-order valence-electron chi connectivity index (χ3n) is 12.0. The number of hydrogen-bond acceptors (Lipinski definition) is 11. The SMILES string of the molecule is Cc1ccc(S(=O)(=O)n2c3cnc(-c4cccnc4)cc3c3cc(F)cnc32)cc1.Cn1c2cnc(-c3cccnc3)cc2c2c(Cl)c(F)cnc21.Fc1cnc2[nH]c3cnc(-c4cccnc4)cc3c2c1Cl. The molecule has 1 aromatic carbocycles. The zero-order chi connectivity index (χ0) is 50.5. The Bertz CT molecular complexity index is 4380. The standard InChI is InChI=1S/C22H15FN4O2S.C16H10ClFN4.C15H8ClFN4/c1-14-4-6-17(7-5-14)30(28,29)27-21-13-25-20(15-3-2-8-24-11-15)10-18(21)19-9-16(23)12-26-22(19)27;1-22-13-8-20-12(9-3-2-4-19-6-9)5-10(13)14-15(17)11(18)7-21-16(14)22;16-14-10(17)6-20-15-13(14)9-4-11(19-7-12(9)21-15)8-2-1-3-18-5-8/h2-13H,1H3;2-8H,1H3;1-7H,(H,20,21). The van der Waals surface area contributed by atoms with Crippen molar-refractivity contribution in [1.29, 1.82) is 0 Å². The minimum absolute atomic E-state index is 0.0644. The fourth-order valence-electron chi connectivity index (χ4n) is 8.48. The first-order valence-electron chi connectivity index (χ1n) is 22.0. The summed E-state index contributed by atoms with van der Waals surface area (Å²) in [7, 11) is -2.12. The van der Waals surface area contributed by atoms with Crippen LogP contribution in [0.15, 0.2) is 164 Å². The summed E-state index contributed by atoms with van der Waals surface area (Å²) in [6, 6.07) is 24.5. The Morgan fingerprint density at radius 3 is 1.67 bits per heavy atom. The quantitative estimate of drug-likeness (QED) is 0.174. The maximum absolute atomic E-state index is 14.0. The first-order chi connectivity index (χ1) is 35.3. The predicted octanol–water partition coefficient (Wildman–Crippen LogP) is 12.3. The molecule has 14 nitrogen and oxygen atoms in total. The van der Waals surface area contributed by atoms with Gasteiger partial charge in [0.25, 0.3) is 10.0 Å². The lowest BCUT2D eigenvalue weighted by atomic mass is 10.1. The number of hydrogen-bond donors (Lipinski definition) is 1. The van der Waals surface area contributed by atoms with Gasteiger partial charge in [0.15, 0.2) is 17.3 Å². The normalized spacial score (nSPS) is 11.6. The lowest BCUT2D eigenvalue weighted by Gasteiger charge is -2.09. The van der Waals surface area contributed by atoms with Gasteiger partial charge in [-0.05, 0) is 79.7 Å². The fourth-order valence-corrected chi connectivity index (χ4v) is 10.4. The lowest BCUT2D eigenvalue weighted by Crippen LogP contribution is -2.13. The van der Waals surface area contributed by atoms with Crippen LogP contribution in [0.3, 0.4) is 0 Å². The highest BCUT2D eigenvalue weighted by Crippen LogP contribution is 2.37. The second-order valence-corrected chi connectivity index (χ2v) is 19.1. The van der Waals surface area contributed by atoms with Gasteiger partial charge in [-0.25, -0.2) is 40.5 Å². The van der Waals surface area contributed by atoms with Crippen LogP contribution in [0.5, 0.6) is 0 Å². The number of nitrogens with zero attached hydrogens (tertiary/aromatic N) is 11. The summed E-state index contributed by atoms with van der Waals surface area (Å²) in [4.78, 5) is 41.0. The van der Waals surface area contributed by atoms with Crippen molar-refractivity contribution in [3.05, 3.63) is 192 Å². The van der Waals surface area contributed by atoms with Crippen molar-refractivity contribution in [3.63, 3.8) is 0 Å². The van der Waals surface area contributed by atoms with Crippen LogP contribution in [0.4, 0.5) is 13.2 Å². The number of rotatable bonds is 5. The third kappa shape index (κ3) is 8.50. The van der Waals surface area contributed by atoms with Crippen molar-refractivity contribution < 1.29 is 21.6 Å². The molecule has 13 rings (SSSR count). The first-order valence-corrected chi connectivity index (χ1v) is 24.2. The number of aryl methyl sites for hydroxylation is 2. The summed E-state index contributed by atoms with van der Waals surface area (Å²) >= 11 is 12.2. The highest BCUT2D eigenvalue weighted by atomic mass is 35.5. The van der Waals surface area contributed by atoms with Crippen molar-refractivity contribution in [2.75, 3.05) is 0 Å². The number of nitrogens with one attached hydrogen (secondary N) is 1. The molecule has 20 heteroatoms. The summed E-state index contributed by atoms with van der Waals surface area (Å²) in [5.41, 5.74) is 8.86. The average molecular weight is 1030 g/mol. The van der Waals surface area contributed by atoms with Crippen molar-refractivity contribution in [1.82, 2.24) is 58.4 Å². The molecule has 358 valence electrons. The second-order valence-electron chi connectivity index (χ2n) is 16.6. The Labute approximate surface area is 421 Å². The van der Waals surface area contributed by atoms with Crippen molar-refractivity contribution in [3.8, 4) is 33.8 Å². The van der Waals surface area contributed by atoms with Crippen LogP contribution in [-0.2, 0) is 17.1 Å². The molecular formula is C53H33Cl2F3N12O2S. The summed E-state index contributed by atoms with van der Waals surface area (Å²) in [5.74, 6) is -1.61. The summed E-state index contributed by atoms with van der Waals surface area (Å²) < 4.78 is 71.4. The van der Waals surface area contributed by atoms with Crippen LogP contribution >= 0.6 is 23.2 Å². The predicted molar refractivity (Wildman–Crippen MR) is 276 cm³/mol. The average Bonchev–Trinajstić information content (AvgIpc) is 4.06. The van der Waals surface area contributed by atoms with Crippen molar-refractivity contribution >= 4 is 99.0 Å². The van der Waals surface area contributed by atoms with E-state index in [1.807, 2.05) is 61.0 Å². The number of aromatic nitrogens is 12. The van der Waals surface area contributed by atoms with Gasteiger partial charge in [0.1, 0.15) is 17.1 Å². The molecule has 0 bridgehead atoms. The number of fused-ring (bicyclic) bond motifs is 9. The molecule has 0 aliphatic heterocycles. The van der Waals surface area contributed by atoms with Gasteiger partial charge in [0, 0.05) is 93.2 Å². The van der Waals surface area contributed by atoms with E-state index in [1.54, 1.807) is 86.0 Å². The van der Waals surface area contributed by atoms with Gasteiger partial charge < -0.3 is 9.55 Å². The van der Waals surface area contributed by atoms with Crippen LogP contribution in [0.2, 0.25) is 10.0 Å². The van der Waals surface area contributed by atoms with Crippen LogP contribution in [0.25, 0.3) is 99.6 Å². The zero-order valence-corrected chi connectivity index (χ0v) is 40.4. The number of halogens is 5. The van der Waals surface area contributed by atoms with E-state index in [9.17, 15) is 21.6 Å². The van der Waals surface area contributed by atoms with Crippen LogP contribution in [0.1, 0.15) is 5.56 Å². The molecule has 73 heavy (non-hydrogen) atoms. The molecule has 0 radical (unpaired) electrons. The van der Waals surface area contributed by atoms with Crippen LogP contribution < -0.4 is 0 Å². The highest BCUT2D eigenvalue weighted by molar-refractivity contribution is 7.90. The number of benzene rings is 1. The highest BCUT2D eigenvalue weighted by Gasteiger charge is 2.26. The molecule has 0 unspecified atom stereocenters. The van der Waals surface area contributed by atoms with E-state index < -0.39 is 27.5 Å². The van der Waals surface area contributed by atoms with Gasteiger partial charge in [-0.3, -0.25) is 29.9 Å². The van der Waals surface area contributed by atoms with Gasteiger partial charge in [-0.1, -0.05) is 40.9 Å². The number of H-pyrrole nitrogens is 1. The summed E-state index contributed by atoms with van der Waals surface area (Å²) in [5, 5.41) is 3.87.